The fourth-order valence-corrected chi connectivity index (χ4v) is 1.92. The summed E-state index contributed by atoms with van der Waals surface area (Å²) in [7, 11) is 0. The van der Waals surface area contributed by atoms with Crippen LogP contribution in [0.5, 0.6) is 0 Å². The molecule has 1 unspecified atom stereocenters. The first-order chi connectivity index (χ1) is 10.3. The van der Waals surface area contributed by atoms with E-state index in [-0.39, 0.29) is 61.1 Å². The molecule has 0 heterocycles. The molecule has 5 heteroatoms. The van der Waals surface area contributed by atoms with Crippen LogP contribution in [0, 0.1) is 30.6 Å². The first-order valence-electron chi connectivity index (χ1n) is 8.32. The Morgan fingerprint density at radius 3 is 2.00 bits per heavy atom. The number of carbonyl (C=O) groups excluding carboxylic acids is 2. The molecule has 1 N–H and O–H groups in total. The first-order valence-corrected chi connectivity index (χ1v) is 8.32. The van der Waals surface area contributed by atoms with E-state index in [2.05, 4.69) is 52.1 Å². The van der Waals surface area contributed by atoms with E-state index in [1.807, 2.05) is 20.8 Å². The van der Waals surface area contributed by atoms with Crippen LogP contribution < -0.4 is 5.43 Å². The zero-order valence-corrected chi connectivity index (χ0v) is 19.6. The predicted molar refractivity (Wildman–Crippen MR) is 98.9 cm³/mol. The number of amides is 1. The summed E-state index contributed by atoms with van der Waals surface area (Å²) >= 11 is 0. The monoisotopic (exact) mass is 413 g/mol. The maximum absolute atomic E-state index is 11.8. The molecule has 0 fully saturated rings. The standard InChI is InChI=1S/C12H23O.C7H13N2O.Y/c1-9(8-11(2,3)4)10(13)12(5,6)7;1-3-4-5-6-8-9-7(2)10;/h9H,1,8H2,2-7H3;6H,2-5H2,1H3,(H,9,10);/q2*-1;/b;8-6-;. The van der Waals surface area contributed by atoms with E-state index in [0.717, 1.165) is 25.7 Å². The number of hydrogen-bond acceptors (Lipinski definition) is 3. The van der Waals surface area contributed by atoms with Crippen molar-refractivity contribution in [1.82, 2.24) is 5.43 Å². The second kappa shape index (κ2) is 14.0. The molecule has 0 aliphatic rings. The Balaban J connectivity index is -0.000000364. The summed E-state index contributed by atoms with van der Waals surface area (Å²) in [5.41, 5.74) is 2.16. The maximum atomic E-state index is 11.8. The molecule has 139 valence electrons. The Labute approximate surface area is 174 Å². The van der Waals surface area contributed by atoms with Crippen molar-refractivity contribution in [3.63, 3.8) is 0 Å². The summed E-state index contributed by atoms with van der Waals surface area (Å²) in [6.07, 6.45) is 5.72. The molecule has 1 atom stereocenters. The Kier molecular flexibility index (Phi) is 16.7. The van der Waals surface area contributed by atoms with Gasteiger partial charge in [0.1, 0.15) is 11.7 Å². The number of nitrogens with zero attached hydrogens (tertiary/aromatic N) is 1. The third kappa shape index (κ3) is 19.8. The third-order valence-electron chi connectivity index (χ3n) is 2.94. The molecular formula is C19H36N2O2Y-2. The van der Waals surface area contributed by atoms with Gasteiger partial charge in [-0.25, -0.2) is 0 Å². The van der Waals surface area contributed by atoms with Crippen molar-refractivity contribution in [1.29, 1.82) is 0 Å². The Morgan fingerprint density at radius 1 is 1.17 bits per heavy atom. The molecular weight excluding hydrogens is 377 g/mol. The van der Waals surface area contributed by atoms with E-state index in [9.17, 15) is 9.59 Å². The van der Waals surface area contributed by atoms with Crippen LogP contribution in [0.1, 0.15) is 74.1 Å². The van der Waals surface area contributed by atoms with Gasteiger partial charge in [0.15, 0.2) is 0 Å². The summed E-state index contributed by atoms with van der Waals surface area (Å²) in [5.74, 6) is -0.171. The first kappa shape index (κ1) is 28.6. The van der Waals surface area contributed by atoms with E-state index in [0.29, 0.717) is 0 Å². The van der Waals surface area contributed by atoms with E-state index >= 15 is 0 Å². The number of rotatable bonds is 6. The maximum Gasteiger partial charge on any atom is 0.111 e. The number of nitrogens with one attached hydrogen (secondary N) is 1. The minimum absolute atomic E-state index is 0. The summed E-state index contributed by atoms with van der Waals surface area (Å²) in [6.45, 7) is 21.4. The van der Waals surface area contributed by atoms with Crippen molar-refractivity contribution in [3.8, 4) is 0 Å². The molecule has 0 aromatic carbocycles. The van der Waals surface area contributed by atoms with Gasteiger partial charge in [-0.3, -0.25) is 5.43 Å². The molecule has 0 aliphatic heterocycles. The molecule has 24 heavy (non-hydrogen) atoms. The zero-order chi connectivity index (χ0) is 18.7. The van der Waals surface area contributed by atoms with Crippen LogP contribution in [0.15, 0.2) is 5.10 Å². The number of hydrazone groups is 1. The molecule has 1 amide bonds. The van der Waals surface area contributed by atoms with Crippen LogP contribution in [0.4, 0.5) is 0 Å². The van der Waals surface area contributed by atoms with E-state index < -0.39 is 0 Å². The van der Waals surface area contributed by atoms with Gasteiger partial charge in [0, 0.05) is 44.3 Å². The van der Waals surface area contributed by atoms with Crippen LogP contribution in [-0.4, -0.2) is 17.9 Å². The zero-order valence-electron chi connectivity index (χ0n) is 16.7. The third-order valence-corrected chi connectivity index (χ3v) is 2.94. The van der Waals surface area contributed by atoms with Gasteiger partial charge in [-0.05, 0) is 18.3 Å². The summed E-state index contributed by atoms with van der Waals surface area (Å²) in [6, 6.07) is 0. The van der Waals surface area contributed by atoms with Crippen molar-refractivity contribution in [2.45, 2.75) is 74.1 Å². The number of hydrogen-bond donors (Lipinski definition) is 1. The summed E-state index contributed by atoms with van der Waals surface area (Å²) in [4.78, 5) is 21.9. The molecule has 0 bridgehead atoms. The van der Waals surface area contributed by atoms with Crippen molar-refractivity contribution < 1.29 is 42.3 Å². The minimum Gasteiger partial charge on any atom is -0.333 e. The molecule has 4 nitrogen and oxygen atoms in total. The van der Waals surface area contributed by atoms with Gasteiger partial charge < -0.3 is 23.4 Å². The minimum atomic E-state index is -0.368. The topological polar surface area (TPSA) is 58.5 Å². The van der Waals surface area contributed by atoms with Crippen LogP contribution in [-0.2, 0) is 42.3 Å². The Bertz CT molecular complexity index is 380. The molecule has 1 radical (unpaired) electrons. The van der Waals surface area contributed by atoms with E-state index in [1.54, 1.807) is 6.21 Å². The molecule has 0 saturated carbocycles. The SMILES string of the molecule is [CH2-]C(=O)N/N=C\CCCC.[CH2-]C(CC(C)(C)C)C(=O)C(C)(C)C.[Y]. The second-order valence-corrected chi connectivity index (χ2v) is 8.06. The smallest absolute Gasteiger partial charge is 0.111 e. The van der Waals surface area contributed by atoms with Crippen LogP contribution >= 0.6 is 0 Å². The molecule has 0 rings (SSSR count). The van der Waals surface area contributed by atoms with Crippen molar-refractivity contribution in [2.75, 3.05) is 0 Å². The predicted octanol–water partition coefficient (Wildman–Crippen LogP) is 4.60. The van der Waals surface area contributed by atoms with Crippen molar-refractivity contribution in [3.05, 3.63) is 13.8 Å². The molecule has 0 aliphatic carbocycles. The van der Waals surface area contributed by atoms with Gasteiger partial charge in [-0.15, -0.1) is 5.92 Å². The Morgan fingerprint density at radius 2 is 1.67 bits per heavy atom. The van der Waals surface area contributed by atoms with Gasteiger partial charge in [-0.2, -0.15) is 5.10 Å². The van der Waals surface area contributed by atoms with E-state index in [1.165, 1.54) is 0 Å². The molecule has 0 saturated heterocycles. The fourth-order valence-electron chi connectivity index (χ4n) is 1.92. The van der Waals surface area contributed by atoms with Crippen molar-refractivity contribution >= 4 is 17.9 Å². The average molecular weight is 413 g/mol. The normalized spacial score (nSPS) is 12.7. The van der Waals surface area contributed by atoms with Gasteiger partial charge in [-0.1, -0.05) is 61.3 Å². The second-order valence-electron chi connectivity index (χ2n) is 8.06. The average Bonchev–Trinajstić information content (AvgIpc) is 2.35. The Hall–Kier alpha value is -0.216. The van der Waals surface area contributed by atoms with Gasteiger partial charge in [0.25, 0.3) is 0 Å². The molecule has 0 aromatic heterocycles. The quantitative estimate of drug-likeness (QED) is 0.300. The van der Waals surface area contributed by atoms with Gasteiger partial charge in [0.05, 0.1) is 0 Å². The van der Waals surface area contributed by atoms with Crippen LogP contribution in [0.25, 0.3) is 0 Å². The van der Waals surface area contributed by atoms with Gasteiger partial charge in [0.2, 0.25) is 0 Å². The largest absolute Gasteiger partial charge is 0.333 e. The summed E-state index contributed by atoms with van der Waals surface area (Å²) < 4.78 is 0. The number of Topliss-reactive ketones (excluding diaryl/α,β-unsaturated/α-hetero) is 1. The molecule has 0 spiro atoms. The van der Waals surface area contributed by atoms with Gasteiger partial charge >= 0.3 is 0 Å². The van der Waals surface area contributed by atoms with E-state index in [4.69, 9.17) is 0 Å². The number of unbranched alkanes of at least 4 members (excludes halogenated alkanes) is 2. The van der Waals surface area contributed by atoms with Crippen LogP contribution in [0.2, 0.25) is 0 Å². The van der Waals surface area contributed by atoms with Crippen molar-refractivity contribution in [2.24, 2.45) is 21.8 Å². The number of carbonyl (C=O) groups is 2. The molecule has 0 aromatic rings. The fraction of sp³-hybridized carbons (Fsp3) is 0.737. The summed E-state index contributed by atoms with van der Waals surface area (Å²) in [5, 5.41) is 3.62. The van der Waals surface area contributed by atoms with Crippen LogP contribution in [0.3, 0.4) is 0 Å². The number of ketones is 1.